The van der Waals surface area contributed by atoms with Crippen LogP contribution in [0.5, 0.6) is 5.75 Å². The van der Waals surface area contributed by atoms with E-state index in [-0.39, 0.29) is 18.3 Å². The second-order valence-electron chi connectivity index (χ2n) is 6.08. The van der Waals surface area contributed by atoms with Gasteiger partial charge < -0.3 is 20.8 Å². The molecule has 8 heteroatoms. The van der Waals surface area contributed by atoms with Gasteiger partial charge in [-0.2, -0.15) is 0 Å². The van der Waals surface area contributed by atoms with Crippen molar-refractivity contribution in [1.29, 1.82) is 0 Å². The molecule has 3 amide bonds. The summed E-state index contributed by atoms with van der Waals surface area (Å²) in [4.78, 5) is 27.0. The van der Waals surface area contributed by atoms with E-state index in [0.29, 0.717) is 12.4 Å². The van der Waals surface area contributed by atoms with Crippen LogP contribution in [-0.4, -0.2) is 33.9 Å². The molecule has 0 unspecified atom stereocenters. The van der Waals surface area contributed by atoms with Gasteiger partial charge in [0.25, 0.3) is 0 Å². The van der Waals surface area contributed by atoms with Gasteiger partial charge in [0, 0.05) is 24.7 Å². The predicted octanol–water partition coefficient (Wildman–Crippen LogP) is 3.52. The SMILES string of the molecule is CCNC(=O)Nc1cc2c(-c3cccc(O)c3)ccc(CNC(=O)O)c2cn1. The highest BCUT2D eigenvalue weighted by Crippen LogP contribution is 2.33. The van der Waals surface area contributed by atoms with Gasteiger partial charge in [-0.3, -0.25) is 5.32 Å². The highest BCUT2D eigenvalue weighted by atomic mass is 16.4. The molecule has 0 saturated heterocycles. The molecular weight excluding hydrogens is 360 g/mol. The Balaban J connectivity index is 2.11. The van der Waals surface area contributed by atoms with E-state index in [0.717, 1.165) is 27.5 Å². The highest BCUT2D eigenvalue weighted by Gasteiger charge is 2.12. The van der Waals surface area contributed by atoms with Gasteiger partial charge in [0.1, 0.15) is 11.6 Å². The third kappa shape index (κ3) is 4.29. The lowest BCUT2D eigenvalue weighted by Crippen LogP contribution is -2.28. The van der Waals surface area contributed by atoms with Crippen molar-refractivity contribution in [3.63, 3.8) is 0 Å². The molecule has 3 rings (SSSR count). The minimum atomic E-state index is -1.12. The number of hydrogen-bond donors (Lipinski definition) is 5. The van der Waals surface area contributed by atoms with Crippen LogP contribution in [0, 0.1) is 0 Å². The van der Waals surface area contributed by atoms with Crippen LogP contribution in [0.2, 0.25) is 0 Å². The van der Waals surface area contributed by atoms with Crippen LogP contribution >= 0.6 is 0 Å². The van der Waals surface area contributed by atoms with Crippen molar-refractivity contribution in [2.45, 2.75) is 13.5 Å². The molecule has 8 nitrogen and oxygen atoms in total. The fourth-order valence-electron chi connectivity index (χ4n) is 2.94. The van der Waals surface area contributed by atoms with Crippen LogP contribution < -0.4 is 16.0 Å². The third-order valence-electron chi connectivity index (χ3n) is 4.16. The van der Waals surface area contributed by atoms with Crippen LogP contribution in [0.4, 0.5) is 15.4 Å². The fraction of sp³-hybridized carbons (Fsp3) is 0.150. The third-order valence-corrected chi connectivity index (χ3v) is 4.16. The molecule has 5 N–H and O–H groups in total. The molecule has 0 spiro atoms. The Bertz CT molecular complexity index is 1040. The minimum Gasteiger partial charge on any atom is -0.508 e. The summed E-state index contributed by atoms with van der Waals surface area (Å²) in [5.74, 6) is 0.500. The largest absolute Gasteiger partial charge is 0.508 e. The molecular formula is C20H20N4O4. The molecule has 0 aliphatic heterocycles. The quantitative estimate of drug-likeness (QED) is 0.463. The molecule has 1 aromatic heterocycles. The average molecular weight is 380 g/mol. The summed E-state index contributed by atoms with van der Waals surface area (Å²) in [5.41, 5.74) is 2.36. The van der Waals surface area contributed by atoms with Gasteiger partial charge in [0.15, 0.2) is 0 Å². The molecule has 3 aromatic rings. The summed E-state index contributed by atoms with van der Waals surface area (Å²) < 4.78 is 0. The summed E-state index contributed by atoms with van der Waals surface area (Å²) in [5, 5.41) is 27.9. The number of carbonyl (C=O) groups excluding carboxylic acids is 1. The zero-order valence-electron chi connectivity index (χ0n) is 15.2. The molecule has 2 aromatic carbocycles. The number of benzene rings is 2. The lowest BCUT2D eigenvalue weighted by atomic mass is 9.96. The van der Waals surface area contributed by atoms with Gasteiger partial charge in [-0.25, -0.2) is 14.6 Å². The summed E-state index contributed by atoms with van der Waals surface area (Å²) in [6.45, 7) is 2.42. The number of urea groups is 1. The lowest BCUT2D eigenvalue weighted by Gasteiger charge is -2.13. The molecule has 0 atom stereocenters. The number of aromatic hydroxyl groups is 1. The molecule has 1 heterocycles. The summed E-state index contributed by atoms with van der Waals surface area (Å²) >= 11 is 0. The monoisotopic (exact) mass is 380 g/mol. The Hall–Kier alpha value is -3.81. The molecule has 0 radical (unpaired) electrons. The van der Waals surface area contributed by atoms with E-state index in [1.165, 1.54) is 0 Å². The number of phenols is 1. The summed E-state index contributed by atoms with van der Waals surface area (Å²) in [7, 11) is 0. The number of aromatic nitrogens is 1. The lowest BCUT2D eigenvalue weighted by molar-refractivity contribution is 0.194. The molecule has 28 heavy (non-hydrogen) atoms. The number of amides is 3. The maximum Gasteiger partial charge on any atom is 0.404 e. The van der Waals surface area contributed by atoms with Crippen molar-refractivity contribution in [3.05, 3.63) is 54.2 Å². The van der Waals surface area contributed by atoms with Crippen LogP contribution in [0.1, 0.15) is 12.5 Å². The van der Waals surface area contributed by atoms with Gasteiger partial charge in [-0.1, -0.05) is 24.3 Å². The van der Waals surface area contributed by atoms with E-state index in [4.69, 9.17) is 5.11 Å². The number of nitrogens with zero attached hydrogens (tertiary/aromatic N) is 1. The second kappa shape index (κ2) is 8.26. The number of hydrogen-bond acceptors (Lipinski definition) is 4. The molecule has 0 aliphatic carbocycles. The number of fused-ring (bicyclic) bond motifs is 1. The van der Waals surface area contributed by atoms with Gasteiger partial charge in [-0.15, -0.1) is 0 Å². The summed E-state index contributed by atoms with van der Waals surface area (Å²) in [6, 6.07) is 11.9. The minimum absolute atomic E-state index is 0.122. The number of phenolic OH excluding ortho intramolecular Hbond substituents is 1. The number of carbonyl (C=O) groups is 2. The smallest absolute Gasteiger partial charge is 0.404 e. The standard InChI is InChI=1S/C20H20N4O4/c1-2-21-19(26)24-18-9-16-15(12-4-3-5-14(25)8-12)7-6-13(10-23-20(27)28)17(16)11-22-18/h3-9,11,23,25H,2,10H2,1H3,(H,27,28)(H2,21,22,24,26). The van der Waals surface area contributed by atoms with Gasteiger partial charge in [0.2, 0.25) is 0 Å². The first kappa shape index (κ1) is 19.0. The van der Waals surface area contributed by atoms with Crippen molar-refractivity contribution < 1.29 is 19.8 Å². The Morgan fingerprint density at radius 3 is 2.61 bits per heavy atom. The van der Waals surface area contributed by atoms with Crippen molar-refractivity contribution in [1.82, 2.24) is 15.6 Å². The van der Waals surface area contributed by atoms with Crippen molar-refractivity contribution >= 4 is 28.7 Å². The Morgan fingerprint density at radius 2 is 1.89 bits per heavy atom. The van der Waals surface area contributed by atoms with Crippen LogP contribution in [-0.2, 0) is 6.54 Å². The van der Waals surface area contributed by atoms with E-state index in [9.17, 15) is 14.7 Å². The number of anilines is 1. The summed E-state index contributed by atoms with van der Waals surface area (Å²) in [6.07, 6.45) is 0.481. The fourth-order valence-corrected chi connectivity index (χ4v) is 2.94. The normalized spacial score (nSPS) is 10.5. The van der Waals surface area contributed by atoms with E-state index in [2.05, 4.69) is 20.9 Å². The maximum absolute atomic E-state index is 11.8. The molecule has 0 bridgehead atoms. The van der Waals surface area contributed by atoms with Crippen LogP contribution in [0.15, 0.2) is 48.7 Å². The first-order chi connectivity index (χ1) is 13.5. The Labute approximate surface area is 161 Å². The predicted molar refractivity (Wildman–Crippen MR) is 106 cm³/mol. The Kier molecular flexibility index (Phi) is 5.59. The van der Waals surface area contributed by atoms with E-state index in [1.54, 1.807) is 30.5 Å². The van der Waals surface area contributed by atoms with Gasteiger partial charge >= 0.3 is 12.1 Å². The topological polar surface area (TPSA) is 124 Å². The van der Waals surface area contributed by atoms with E-state index in [1.807, 2.05) is 25.1 Å². The first-order valence-electron chi connectivity index (χ1n) is 8.70. The van der Waals surface area contributed by atoms with Crippen molar-refractivity contribution in [2.75, 3.05) is 11.9 Å². The first-order valence-corrected chi connectivity index (χ1v) is 8.70. The molecule has 144 valence electrons. The zero-order chi connectivity index (χ0) is 20.1. The molecule has 0 fully saturated rings. The Morgan fingerprint density at radius 1 is 1.07 bits per heavy atom. The maximum atomic E-state index is 11.8. The molecule has 0 saturated carbocycles. The second-order valence-corrected chi connectivity index (χ2v) is 6.08. The van der Waals surface area contributed by atoms with Crippen molar-refractivity contribution in [2.24, 2.45) is 0 Å². The van der Waals surface area contributed by atoms with Gasteiger partial charge in [0.05, 0.1) is 0 Å². The average Bonchev–Trinajstić information content (AvgIpc) is 2.66. The number of pyridine rings is 1. The van der Waals surface area contributed by atoms with Crippen LogP contribution in [0.3, 0.4) is 0 Å². The molecule has 0 aliphatic rings. The number of rotatable bonds is 5. The van der Waals surface area contributed by atoms with E-state index >= 15 is 0 Å². The van der Waals surface area contributed by atoms with E-state index < -0.39 is 6.09 Å². The van der Waals surface area contributed by atoms with Gasteiger partial charge in [-0.05, 0) is 47.2 Å². The number of nitrogens with one attached hydrogen (secondary N) is 3. The highest BCUT2D eigenvalue weighted by molar-refractivity contribution is 6.01. The van der Waals surface area contributed by atoms with Crippen molar-refractivity contribution in [3.8, 4) is 16.9 Å². The van der Waals surface area contributed by atoms with Crippen LogP contribution in [0.25, 0.3) is 21.9 Å². The number of carboxylic acid groups (broad SMARTS) is 1. The zero-order valence-corrected chi connectivity index (χ0v) is 15.2.